The Morgan fingerprint density at radius 2 is 2.33 bits per heavy atom. The Hall–Kier alpha value is -1.93. The van der Waals surface area contributed by atoms with Crippen LogP contribution in [0.3, 0.4) is 0 Å². The van der Waals surface area contributed by atoms with Crippen LogP contribution < -0.4 is 0 Å². The predicted octanol–water partition coefficient (Wildman–Crippen LogP) is 2.74. The molecule has 0 atom stereocenters. The lowest BCUT2D eigenvalue weighted by molar-refractivity contribution is 0.719. The summed E-state index contributed by atoms with van der Waals surface area (Å²) < 4.78 is 2.68. The monoisotopic (exact) mass is 256 g/mol. The Bertz CT molecular complexity index is 673. The summed E-state index contributed by atoms with van der Waals surface area (Å²) in [5, 5.41) is 16.1. The molecule has 0 unspecified atom stereocenters. The number of H-pyrrole nitrogens is 1. The van der Waals surface area contributed by atoms with Crippen LogP contribution in [0.4, 0.5) is 0 Å². The Kier molecular flexibility index (Phi) is 2.73. The van der Waals surface area contributed by atoms with Crippen LogP contribution in [-0.2, 0) is 6.54 Å². The van der Waals surface area contributed by atoms with Gasteiger partial charge in [0.15, 0.2) is 4.77 Å². The second-order valence-electron chi connectivity index (χ2n) is 4.56. The molecule has 1 aromatic carbocycles. The highest BCUT2D eigenvalue weighted by atomic mass is 32.1. The Balaban J connectivity index is 1.94. The molecular weight excluding hydrogens is 244 g/mol. The van der Waals surface area contributed by atoms with E-state index in [0.29, 0.717) is 22.8 Å². The number of aromatic amines is 1. The van der Waals surface area contributed by atoms with E-state index in [4.69, 9.17) is 17.5 Å². The van der Waals surface area contributed by atoms with Crippen molar-refractivity contribution in [3.63, 3.8) is 0 Å². The van der Waals surface area contributed by atoms with Crippen LogP contribution in [-0.4, -0.2) is 14.8 Å². The first-order valence-corrected chi connectivity index (χ1v) is 6.33. The van der Waals surface area contributed by atoms with Crippen molar-refractivity contribution in [1.82, 2.24) is 14.8 Å². The minimum absolute atomic E-state index is 0.553. The fourth-order valence-electron chi connectivity index (χ4n) is 2.06. The van der Waals surface area contributed by atoms with Crippen molar-refractivity contribution >= 4 is 12.2 Å². The van der Waals surface area contributed by atoms with Gasteiger partial charge in [-0.15, -0.1) is 0 Å². The standard InChI is InChI=1S/C13H12N4S/c14-7-9-2-1-3-10(6-9)8-17-12(11-4-5-11)15-16-13(17)18/h1-3,6,11H,4-5,8H2,(H,16,18). The molecule has 3 rings (SSSR count). The van der Waals surface area contributed by atoms with Gasteiger partial charge in [0.2, 0.25) is 0 Å². The van der Waals surface area contributed by atoms with E-state index in [9.17, 15) is 0 Å². The second kappa shape index (κ2) is 4.39. The number of rotatable bonds is 3. The molecule has 90 valence electrons. The van der Waals surface area contributed by atoms with Gasteiger partial charge in [-0.25, -0.2) is 0 Å². The van der Waals surface area contributed by atoms with E-state index in [0.717, 1.165) is 11.4 Å². The zero-order valence-electron chi connectivity index (χ0n) is 9.76. The number of benzene rings is 1. The fourth-order valence-corrected chi connectivity index (χ4v) is 2.26. The fraction of sp³-hybridized carbons (Fsp3) is 0.308. The number of nitrogens with zero attached hydrogens (tertiary/aromatic N) is 3. The zero-order chi connectivity index (χ0) is 12.5. The van der Waals surface area contributed by atoms with Gasteiger partial charge in [0.1, 0.15) is 5.82 Å². The lowest BCUT2D eigenvalue weighted by atomic mass is 10.1. The van der Waals surface area contributed by atoms with Crippen molar-refractivity contribution in [2.24, 2.45) is 0 Å². The molecular formula is C13H12N4S. The Morgan fingerprint density at radius 3 is 3.06 bits per heavy atom. The first-order chi connectivity index (χ1) is 8.78. The molecule has 1 N–H and O–H groups in total. The van der Waals surface area contributed by atoms with Crippen LogP contribution in [0.15, 0.2) is 24.3 Å². The van der Waals surface area contributed by atoms with Gasteiger partial charge in [0.05, 0.1) is 18.2 Å². The van der Waals surface area contributed by atoms with E-state index in [2.05, 4.69) is 16.3 Å². The molecule has 1 aromatic heterocycles. The average Bonchev–Trinajstić information content (AvgIpc) is 3.17. The molecule has 0 saturated heterocycles. The number of nitriles is 1. The van der Waals surface area contributed by atoms with Crippen LogP contribution in [0.1, 0.15) is 35.7 Å². The molecule has 0 spiro atoms. The van der Waals surface area contributed by atoms with Crippen molar-refractivity contribution in [1.29, 1.82) is 5.26 Å². The average molecular weight is 256 g/mol. The smallest absolute Gasteiger partial charge is 0.195 e. The summed E-state index contributed by atoms with van der Waals surface area (Å²) in [5.41, 5.74) is 1.75. The number of hydrogen-bond acceptors (Lipinski definition) is 3. The van der Waals surface area contributed by atoms with E-state index in [1.54, 1.807) is 6.07 Å². The van der Waals surface area contributed by atoms with E-state index in [-0.39, 0.29) is 0 Å². The quantitative estimate of drug-likeness (QED) is 0.859. The van der Waals surface area contributed by atoms with Crippen molar-refractivity contribution < 1.29 is 0 Å². The van der Waals surface area contributed by atoms with Crippen LogP contribution in [0.25, 0.3) is 0 Å². The van der Waals surface area contributed by atoms with Crippen molar-refractivity contribution in [3.05, 3.63) is 46.0 Å². The summed E-state index contributed by atoms with van der Waals surface area (Å²) in [6.07, 6.45) is 2.38. The van der Waals surface area contributed by atoms with Crippen LogP contribution in [0, 0.1) is 16.1 Å². The molecule has 0 amide bonds. The van der Waals surface area contributed by atoms with Crippen LogP contribution in [0.5, 0.6) is 0 Å². The van der Waals surface area contributed by atoms with Crippen molar-refractivity contribution in [2.75, 3.05) is 0 Å². The van der Waals surface area contributed by atoms with E-state index < -0.39 is 0 Å². The molecule has 0 bridgehead atoms. The van der Waals surface area contributed by atoms with E-state index in [1.165, 1.54) is 12.8 Å². The minimum atomic E-state index is 0.553. The molecule has 18 heavy (non-hydrogen) atoms. The molecule has 1 aliphatic rings. The molecule has 1 aliphatic carbocycles. The summed E-state index contributed by atoms with van der Waals surface area (Å²) in [7, 11) is 0. The van der Waals surface area contributed by atoms with Gasteiger partial charge in [0, 0.05) is 5.92 Å². The summed E-state index contributed by atoms with van der Waals surface area (Å²) in [5.74, 6) is 1.60. The van der Waals surface area contributed by atoms with Gasteiger partial charge in [-0.3, -0.25) is 9.67 Å². The summed E-state index contributed by atoms with van der Waals surface area (Å²) in [4.78, 5) is 0. The largest absolute Gasteiger partial charge is 0.299 e. The number of aromatic nitrogens is 3. The molecule has 5 heteroatoms. The summed E-state index contributed by atoms with van der Waals surface area (Å²) in [6.45, 7) is 0.677. The SMILES string of the molecule is N#Cc1cccc(Cn2c(C3CC3)n[nH]c2=S)c1. The highest BCUT2D eigenvalue weighted by molar-refractivity contribution is 7.71. The highest BCUT2D eigenvalue weighted by Crippen LogP contribution is 2.39. The minimum Gasteiger partial charge on any atom is -0.299 e. The molecule has 0 radical (unpaired) electrons. The summed E-state index contributed by atoms with van der Waals surface area (Å²) in [6, 6.07) is 9.76. The second-order valence-corrected chi connectivity index (χ2v) is 4.95. The van der Waals surface area contributed by atoms with Crippen molar-refractivity contribution in [3.8, 4) is 6.07 Å². The Labute approximate surface area is 110 Å². The maximum absolute atomic E-state index is 8.90. The van der Waals surface area contributed by atoms with Gasteiger partial charge in [-0.05, 0) is 42.8 Å². The van der Waals surface area contributed by atoms with Gasteiger partial charge in [-0.1, -0.05) is 12.1 Å². The lowest BCUT2D eigenvalue weighted by Crippen LogP contribution is -2.04. The van der Waals surface area contributed by atoms with Gasteiger partial charge < -0.3 is 0 Å². The third kappa shape index (κ3) is 2.07. The Morgan fingerprint density at radius 1 is 1.50 bits per heavy atom. The maximum Gasteiger partial charge on any atom is 0.195 e. The van der Waals surface area contributed by atoms with Crippen LogP contribution in [0.2, 0.25) is 0 Å². The third-order valence-electron chi connectivity index (χ3n) is 3.13. The normalized spacial score (nSPS) is 14.4. The lowest BCUT2D eigenvalue weighted by Gasteiger charge is -2.06. The van der Waals surface area contributed by atoms with E-state index in [1.807, 2.05) is 22.8 Å². The first-order valence-electron chi connectivity index (χ1n) is 5.92. The molecule has 1 saturated carbocycles. The van der Waals surface area contributed by atoms with Crippen LogP contribution >= 0.6 is 12.2 Å². The third-order valence-corrected chi connectivity index (χ3v) is 3.44. The number of hydrogen-bond donors (Lipinski definition) is 1. The molecule has 1 heterocycles. The molecule has 1 fully saturated rings. The topological polar surface area (TPSA) is 57.4 Å². The molecule has 4 nitrogen and oxygen atoms in total. The highest BCUT2D eigenvalue weighted by Gasteiger charge is 2.28. The van der Waals surface area contributed by atoms with Crippen molar-refractivity contribution in [2.45, 2.75) is 25.3 Å². The van der Waals surface area contributed by atoms with Gasteiger partial charge in [0.25, 0.3) is 0 Å². The zero-order valence-corrected chi connectivity index (χ0v) is 10.6. The summed E-state index contributed by atoms with van der Waals surface area (Å²) >= 11 is 5.26. The van der Waals surface area contributed by atoms with E-state index >= 15 is 0 Å². The first kappa shape index (κ1) is 11.2. The maximum atomic E-state index is 8.90. The molecule has 2 aromatic rings. The van der Waals surface area contributed by atoms with Gasteiger partial charge in [-0.2, -0.15) is 10.4 Å². The van der Waals surface area contributed by atoms with Gasteiger partial charge >= 0.3 is 0 Å². The molecule has 0 aliphatic heterocycles. The number of nitrogens with one attached hydrogen (secondary N) is 1. The predicted molar refractivity (Wildman–Crippen MR) is 69.6 cm³/mol.